The molecule has 0 radical (unpaired) electrons. The maximum Gasteiger partial charge on any atom is 0.416 e. The Morgan fingerprint density at radius 2 is 1.70 bits per heavy atom. The van der Waals surface area contributed by atoms with Gasteiger partial charge in [-0.1, -0.05) is 6.07 Å². The standard InChI is InChI=1S/C22H24F3N3O2/c1-15(21(30)26-19-5-3-4-18(14-19)22(23,24)25)27-10-12-28(13-11-27)20-8-6-17(7-9-20)16(2)29/h3-9,14-15H,10-13H2,1-2H3,(H,26,30)/p+1/t15-/m0/s1. The molecule has 1 fully saturated rings. The molecule has 0 bridgehead atoms. The molecule has 3 rings (SSSR count). The van der Waals surface area contributed by atoms with Crippen molar-refractivity contribution in [3.63, 3.8) is 0 Å². The summed E-state index contributed by atoms with van der Waals surface area (Å²) < 4.78 is 38.6. The van der Waals surface area contributed by atoms with Crippen LogP contribution in [0.15, 0.2) is 48.5 Å². The van der Waals surface area contributed by atoms with Crippen molar-refractivity contribution in [1.82, 2.24) is 0 Å². The minimum atomic E-state index is -4.45. The molecule has 1 aliphatic rings. The van der Waals surface area contributed by atoms with Gasteiger partial charge in [0.2, 0.25) is 0 Å². The number of amides is 1. The largest absolute Gasteiger partial charge is 0.416 e. The molecule has 0 aromatic heterocycles. The van der Waals surface area contributed by atoms with Crippen LogP contribution in [0.1, 0.15) is 29.8 Å². The molecule has 5 nitrogen and oxygen atoms in total. The first kappa shape index (κ1) is 21.8. The number of rotatable bonds is 5. The van der Waals surface area contributed by atoms with Gasteiger partial charge in [-0.05, 0) is 56.3 Å². The molecular formula is C22H25F3N3O2+. The summed E-state index contributed by atoms with van der Waals surface area (Å²) in [5.41, 5.74) is 1.05. The molecule has 1 aliphatic heterocycles. The predicted octanol–water partition coefficient (Wildman–Crippen LogP) is 2.64. The third kappa shape index (κ3) is 5.18. The van der Waals surface area contributed by atoms with E-state index in [9.17, 15) is 22.8 Å². The Balaban J connectivity index is 1.56. The smallest absolute Gasteiger partial charge is 0.360 e. The average molecular weight is 420 g/mol. The second kappa shape index (κ2) is 8.87. The van der Waals surface area contributed by atoms with Crippen molar-refractivity contribution in [3.8, 4) is 0 Å². The molecule has 1 heterocycles. The van der Waals surface area contributed by atoms with Crippen LogP contribution in [0.5, 0.6) is 0 Å². The Morgan fingerprint density at radius 1 is 1.07 bits per heavy atom. The Morgan fingerprint density at radius 3 is 2.27 bits per heavy atom. The van der Waals surface area contributed by atoms with Gasteiger partial charge in [0.05, 0.1) is 31.7 Å². The van der Waals surface area contributed by atoms with Crippen LogP contribution < -0.4 is 15.1 Å². The Labute approximate surface area is 173 Å². The lowest BCUT2D eigenvalue weighted by molar-refractivity contribution is -0.914. The van der Waals surface area contributed by atoms with Crippen LogP contribution in [-0.4, -0.2) is 43.9 Å². The molecular weight excluding hydrogens is 395 g/mol. The number of benzene rings is 2. The zero-order valence-electron chi connectivity index (χ0n) is 16.9. The van der Waals surface area contributed by atoms with Gasteiger partial charge < -0.3 is 15.1 Å². The topological polar surface area (TPSA) is 53.9 Å². The highest BCUT2D eigenvalue weighted by atomic mass is 19.4. The number of Topliss-reactive ketones (excluding diaryl/α,β-unsaturated/α-hetero) is 1. The van der Waals surface area contributed by atoms with Crippen LogP contribution >= 0.6 is 0 Å². The van der Waals surface area contributed by atoms with E-state index in [1.807, 2.05) is 24.3 Å². The minimum Gasteiger partial charge on any atom is -0.360 e. The minimum absolute atomic E-state index is 0.0245. The van der Waals surface area contributed by atoms with E-state index in [0.717, 1.165) is 48.9 Å². The number of halogens is 3. The molecule has 30 heavy (non-hydrogen) atoms. The van der Waals surface area contributed by atoms with Gasteiger partial charge in [-0.2, -0.15) is 13.2 Å². The van der Waals surface area contributed by atoms with E-state index in [-0.39, 0.29) is 23.4 Å². The fourth-order valence-corrected chi connectivity index (χ4v) is 3.60. The Kier molecular flexibility index (Phi) is 6.45. The van der Waals surface area contributed by atoms with Gasteiger partial charge in [-0.15, -0.1) is 0 Å². The summed E-state index contributed by atoms with van der Waals surface area (Å²) in [5.74, 6) is -0.278. The van der Waals surface area contributed by atoms with E-state index in [1.165, 1.54) is 19.1 Å². The van der Waals surface area contributed by atoms with E-state index in [0.29, 0.717) is 5.56 Å². The Hall–Kier alpha value is -2.87. The lowest BCUT2D eigenvalue weighted by Crippen LogP contribution is -3.19. The van der Waals surface area contributed by atoms with Gasteiger partial charge in [0.25, 0.3) is 5.91 Å². The van der Waals surface area contributed by atoms with Crippen molar-refractivity contribution in [2.75, 3.05) is 36.4 Å². The molecule has 0 saturated carbocycles. The molecule has 1 saturated heterocycles. The van der Waals surface area contributed by atoms with Crippen molar-refractivity contribution in [2.45, 2.75) is 26.1 Å². The molecule has 2 aromatic rings. The van der Waals surface area contributed by atoms with Crippen LogP contribution in [0, 0.1) is 0 Å². The lowest BCUT2D eigenvalue weighted by Gasteiger charge is -2.36. The molecule has 2 aromatic carbocycles. The summed E-state index contributed by atoms with van der Waals surface area (Å²) in [7, 11) is 0. The molecule has 0 spiro atoms. The number of alkyl halides is 3. The average Bonchev–Trinajstić information content (AvgIpc) is 2.73. The summed E-state index contributed by atoms with van der Waals surface area (Å²) in [6.07, 6.45) is -4.45. The first-order chi connectivity index (χ1) is 14.1. The van der Waals surface area contributed by atoms with Crippen molar-refractivity contribution in [3.05, 3.63) is 59.7 Å². The lowest BCUT2D eigenvalue weighted by atomic mass is 10.1. The third-order valence-corrected chi connectivity index (χ3v) is 5.51. The first-order valence-corrected chi connectivity index (χ1v) is 9.84. The number of hydrogen-bond acceptors (Lipinski definition) is 3. The van der Waals surface area contributed by atoms with Crippen molar-refractivity contribution < 1.29 is 27.7 Å². The Bertz CT molecular complexity index is 905. The maximum atomic E-state index is 12.9. The number of anilines is 2. The fraction of sp³-hybridized carbons (Fsp3) is 0.364. The van der Waals surface area contributed by atoms with E-state index >= 15 is 0 Å². The SMILES string of the molecule is CC(=O)c1ccc(N2CC[NH+]([C@@H](C)C(=O)Nc3cccc(C(F)(F)F)c3)CC2)cc1. The van der Waals surface area contributed by atoms with Gasteiger partial charge in [0.1, 0.15) is 0 Å². The van der Waals surface area contributed by atoms with Crippen LogP contribution in [0.2, 0.25) is 0 Å². The summed E-state index contributed by atoms with van der Waals surface area (Å²) in [4.78, 5) is 27.2. The molecule has 0 unspecified atom stereocenters. The van der Waals surface area contributed by atoms with Gasteiger partial charge in [-0.25, -0.2) is 0 Å². The number of nitrogens with one attached hydrogen (secondary N) is 2. The fourth-order valence-electron chi connectivity index (χ4n) is 3.60. The van der Waals surface area contributed by atoms with Gasteiger partial charge in [-0.3, -0.25) is 9.59 Å². The molecule has 8 heteroatoms. The highest BCUT2D eigenvalue weighted by Gasteiger charge is 2.32. The second-order valence-electron chi connectivity index (χ2n) is 7.54. The summed E-state index contributed by atoms with van der Waals surface area (Å²) in [5, 5.41) is 2.61. The summed E-state index contributed by atoms with van der Waals surface area (Å²) >= 11 is 0. The maximum absolute atomic E-state index is 12.9. The van der Waals surface area contributed by atoms with E-state index in [2.05, 4.69) is 10.2 Å². The van der Waals surface area contributed by atoms with E-state index < -0.39 is 11.7 Å². The zero-order chi connectivity index (χ0) is 21.9. The summed E-state index contributed by atoms with van der Waals surface area (Å²) in [6.45, 7) is 6.27. The van der Waals surface area contributed by atoms with Crippen molar-refractivity contribution in [2.24, 2.45) is 0 Å². The monoisotopic (exact) mass is 420 g/mol. The van der Waals surface area contributed by atoms with Crippen LogP contribution in [0.3, 0.4) is 0 Å². The number of carbonyl (C=O) groups is 2. The molecule has 0 aliphatic carbocycles. The van der Waals surface area contributed by atoms with Crippen LogP contribution in [0.25, 0.3) is 0 Å². The molecule has 1 atom stereocenters. The van der Waals surface area contributed by atoms with Gasteiger partial charge in [0.15, 0.2) is 11.8 Å². The number of nitrogens with zero attached hydrogens (tertiary/aromatic N) is 1. The van der Waals surface area contributed by atoms with Crippen molar-refractivity contribution >= 4 is 23.1 Å². The number of piperazine rings is 1. The van der Waals surface area contributed by atoms with Crippen molar-refractivity contribution in [1.29, 1.82) is 0 Å². The highest BCUT2D eigenvalue weighted by Crippen LogP contribution is 2.30. The van der Waals surface area contributed by atoms with Gasteiger partial charge >= 0.3 is 6.18 Å². The van der Waals surface area contributed by atoms with Crippen LogP contribution in [-0.2, 0) is 11.0 Å². The third-order valence-electron chi connectivity index (χ3n) is 5.51. The number of carbonyl (C=O) groups excluding carboxylic acids is 2. The zero-order valence-corrected chi connectivity index (χ0v) is 16.9. The molecule has 2 N–H and O–H groups in total. The normalized spacial score (nSPS) is 16.2. The number of ketones is 1. The first-order valence-electron chi connectivity index (χ1n) is 9.84. The van der Waals surface area contributed by atoms with Crippen LogP contribution in [0.4, 0.5) is 24.5 Å². The van der Waals surface area contributed by atoms with E-state index in [4.69, 9.17) is 0 Å². The number of hydrogen-bond donors (Lipinski definition) is 2. The predicted molar refractivity (Wildman–Crippen MR) is 109 cm³/mol. The van der Waals surface area contributed by atoms with E-state index in [1.54, 1.807) is 6.92 Å². The molecule has 1 amide bonds. The highest BCUT2D eigenvalue weighted by molar-refractivity contribution is 5.94. The summed E-state index contributed by atoms with van der Waals surface area (Å²) in [6, 6.07) is 11.7. The quantitative estimate of drug-likeness (QED) is 0.732. The van der Waals surface area contributed by atoms with Gasteiger partial charge in [0, 0.05) is 16.9 Å². The second-order valence-corrected chi connectivity index (χ2v) is 7.54. The molecule has 160 valence electrons. The number of quaternary nitrogens is 1.